The SMILES string of the molecule is COCCOCCOC(=O)COc1ccc(-c2ccccc2)cc1. The van der Waals surface area contributed by atoms with Crippen molar-refractivity contribution in [3.05, 3.63) is 54.6 Å². The molecule has 0 amide bonds. The summed E-state index contributed by atoms with van der Waals surface area (Å²) in [4.78, 5) is 11.6. The molecular weight excluding hydrogens is 308 g/mol. The molecule has 0 aromatic heterocycles. The van der Waals surface area contributed by atoms with E-state index in [1.54, 1.807) is 7.11 Å². The molecule has 0 fully saturated rings. The van der Waals surface area contributed by atoms with Gasteiger partial charge in [0.1, 0.15) is 12.4 Å². The minimum atomic E-state index is -0.419. The zero-order chi connectivity index (χ0) is 17.0. The van der Waals surface area contributed by atoms with Crippen LogP contribution in [0.2, 0.25) is 0 Å². The number of hydrogen-bond donors (Lipinski definition) is 0. The Hall–Kier alpha value is -2.37. The Kier molecular flexibility index (Phi) is 7.80. The number of carbonyl (C=O) groups is 1. The lowest BCUT2D eigenvalue weighted by molar-refractivity contribution is -0.147. The van der Waals surface area contributed by atoms with Crippen LogP contribution < -0.4 is 4.74 Å². The molecule has 0 heterocycles. The number of carbonyl (C=O) groups excluding carboxylic acids is 1. The van der Waals surface area contributed by atoms with E-state index in [1.165, 1.54) is 0 Å². The van der Waals surface area contributed by atoms with Crippen LogP contribution in [0.1, 0.15) is 0 Å². The molecule has 0 aliphatic rings. The molecule has 24 heavy (non-hydrogen) atoms. The smallest absolute Gasteiger partial charge is 0.344 e. The Labute approximate surface area is 142 Å². The zero-order valence-corrected chi connectivity index (χ0v) is 13.8. The molecule has 5 heteroatoms. The van der Waals surface area contributed by atoms with Crippen LogP contribution in [-0.4, -0.2) is 46.1 Å². The molecule has 0 radical (unpaired) electrons. The molecule has 0 spiro atoms. The number of ether oxygens (including phenoxy) is 4. The van der Waals surface area contributed by atoms with Crippen LogP contribution in [0.15, 0.2) is 54.6 Å². The van der Waals surface area contributed by atoms with E-state index in [2.05, 4.69) is 0 Å². The van der Waals surface area contributed by atoms with Crippen LogP contribution in [0.25, 0.3) is 11.1 Å². The van der Waals surface area contributed by atoms with E-state index >= 15 is 0 Å². The molecule has 0 saturated carbocycles. The van der Waals surface area contributed by atoms with Gasteiger partial charge in [0.25, 0.3) is 0 Å². The Bertz CT molecular complexity index is 595. The van der Waals surface area contributed by atoms with E-state index in [4.69, 9.17) is 18.9 Å². The molecular formula is C19H22O5. The Morgan fingerprint density at radius 2 is 1.50 bits per heavy atom. The number of hydrogen-bond acceptors (Lipinski definition) is 5. The molecule has 0 N–H and O–H groups in total. The van der Waals surface area contributed by atoms with E-state index in [1.807, 2.05) is 54.6 Å². The van der Waals surface area contributed by atoms with Crippen LogP contribution in [0, 0.1) is 0 Å². The van der Waals surface area contributed by atoms with Gasteiger partial charge in [0.15, 0.2) is 6.61 Å². The summed E-state index contributed by atoms with van der Waals surface area (Å²) in [5.74, 6) is 0.209. The fourth-order valence-corrected chi connectivity index (χ4v) is 2.02. The van der Waals surface area contributed by atoms with Crippen LogP contribution in [0.5, 0.6) is 5.75 Å². The van der Waals surface area contributed by atoms with E-state index in [-0.39, 0.29) is 13.2 Å². The Balaban J connectivity index is 1.68. The van der Waals surface area contributed by atoms with Gasteiger partial charge in [-0.2, -0.15) is 0 Å². The molecule has 0 atom stereocenters. The average Bonchev–Trinajstić information content (AvgIpc) is 2.64. The van der Waals surface area contributed by atoms with Gasteiger partial charge in [0, 0.05) is 7.11 Å². The van der Waals surface area contributed by atoms with E-state index in [9.17, 15) is 4.79 Å². The fraction of sp³-hybridized carbons (Fsp3) is 0.316. The summed E-state index contributed by atoms with van der Waals surface area (Å²) in [6.07, 6.45) is 0. The molecule has 2 aromatic rings. The summed E-state index contributed by atoms with van der Waals surface area (Å²) >= 11 is 0. The first-order valence-corrected chi connectivity index (χ1v) is 7.80. The minimum absolute atomic E-state index is 0.122. The van der Waals surface area contributed by atoms with Gasteiger partial charge in [-0.25, -0.2) is 4.79 Å². The van der Waals surface area contributed by atoms with Crippen LogP contribution in [-0.2, 0) is 19.0 Å². The predicted molar refractivity (Wildman–Crippen MR) is 91.0 cm³/mol. The standard InChI is InChI=1S/C19H22O5/c1-21-11-12-22-13-14-23-19(20)15-24-18-9-7-17(8-10-18)16-5-3-2-4-6-16/h2-10H,11-15H2,1H3. The van der Waals surface area contributed by atoms with E-state index < -0.39 is 5.97 Å². The second kappa shape index (κ2) is 10.4. The van der Waals surface area contributed by atoms with Gasteiger partial charge < -0.3 is 18.9 Å². The maximum Gasteiger partial charge on any atom is 0.344 e. The van der Waals surface area contributed by atoms with Gasteiger partial charge in [0.05, 0.1) is 19.8 Å². The summed E-state index contributed by atoms with van der Waals surface area (Å²) < 4.78 is 20.5. The summed E-state index contributed by atoms with van der Waals surface area (Å²) in [5.41, 5.74) is 2.23. The first-order valence-electron chi connectivity index (χ1n) is 7.80. The molecule has 128 valence electrons. The molecule has 5 nitrogen and oxygen atoms in total. The molecule has 0 unspecified atom stereocenters. The monoisotopic (exact) mass is 330 g/mol. The summed E-state index contributed by atoms with van der Waals surface area (Å²) in [6, 6.07) is 17.6. The first kappa shape index (κ1) is 18.0. The highest BCUT2D eigenvalue weighted by molar-refractivity contribution is 5.71. The Morgan fingerprint density at radius 3 is 2.21 bits per heavy atom. The highest BCUT2D eigenvalue weighted by Crippen LogP contribution is 2.21. The van der Waals surface area contributed by atoms with E-state index in [0.717, 1.165) is 11.1 Å². The minimum Gasteiger partial charge on any atom is -0.482 e. The van der Waals surface area contributed by atoms with Gasteiger partial charge in [0.2, 0.25) is 0 Å². The number of benzene rings is 2. The topological polar surface area (TPSA) is 54.0 Å². The average molecular weight is 330 g/mol. The van der Waals surface area contributed by atoms with Crippen molar-refractivity contribution in [2.75, 3.05) is 40.1 Å². The van der Waals surface area contributed by atoms with Crippen LogP contribution in [0.4, 0.5) is 0 Å². The largest absolute Gasteiger partial charge is 0.482 e. The maximum absolute atomic E-state index is 11.6. The third-order valence-electron chi connectivity index (χ3n) is 3.24. The second-order valence-electron chi connectivity index (χ2n) is 5.00. The number of esters is 1. The molecule has 0 aliphatic carbocycles. The lowest BCUT2D eigenvalue weighted by Crippen LogP contribution is -2.18. The third kappa shape index (κ3) is 6.40. The number of methoxy groups -OCH3 is 1. The summed E-state index contributed by atoms with van der Waals surface area (Å²) in [6.45, 7) is 1.44. The predicted octanol–water partition coefficient (Wildman–Crippen LogP) is 2.94. The third-order valence-corrected chi connectivity index (χ3v) is 3.24. The Morgan fingerprint density at radius 1 is 0.833 bits per heavy atom. The van der Waals surface area contributed by atoms with Crippen LogP contribution in [0.3, 0.4) is 0 Å². The lowest BCUT2D eigenvalue weighted by atomic mass is 10.1. The maximum atomic E-state index is 11.6. The summed E-state index contributed by atoms with van der Waals surface area (Å²) in [5, 5.41) is 0. The van der Waals surface area contributed by atoms with Crippen LogP contribution >= 0.6 is 0 Å². The van der Waals surface area contributed by atoms with Crippen molar-refractivity contribution in [1.82, 2.24) is 0 Å². The highest BCUT2D eigenvalue weighted by Gasteiger charge is 2.05. The van der Waals surface area contributed by atoms with Gasteiger partial charge in [-0.05, 0) is 23.3 Å². The normalized spacial score (nSPS) is 10.4. The molecule has 2 rings (SSSR count). The molecule has 0 aliphatic heterocycles. The highest BCUT2D eigenvalue weighted by atomic mass is 16.6. The van der Waals surface area contributed by atoms with Crippen molar-refractivity contribution in [3.8, 4) is 16.9 Å². The van der Waals surface area contributed by atoms with Gasteiger partial charge in [-0.1, -0.05) is 42.5 Å². The van der Waals surface area contributed by atoms with Gasteiger partial charge in [-0.3, -0.25) is 0 Å². The van der Waals surface area contributed by atoms with Crippen molar-refractivity contribution >= 4 is 5.97 Å². The van der Waals surface area contributed by atoms with Crippen molar-refractivity contribution in [2.45, 2.75) is 0 Å². The number of rotatable bonds is 10. The van der Waals surface area contributed by atoms with Crippen molar-refractivity contribution in [2.24, 2.45) is 0 Å². The van der Waals surface area contributed by atoms with Crippen molar-refractivity contribution < 1.29 is 23.7 Å². The zero-order valence-electron chi connectivity index (χ0n) is 13.8. The quantitative estimate of drug-likeness (QED) is 0.495. The lowest BCUT2D eigenvalue weighted by Gasteiger charge is -2.08. The molecule has 2 aromatic carbocycles. The molecule has 0 saturated heterocycles. The fourth-order valence-electron chi connectivity index (χ4n) is 2.02. The van der Waals surface area contributed by atoms with Crippen molar-refractivity contribution in [1.29, 1.82) is 0 Å². The van der Waals surface area contributed by atoms with Gasteiger partial charge in [-0.15, -0.1) is 0 Å². The second-order valence-corrected chi connectivity index (χ2v) is 5.00. The van der Waals surface area contributed by atoms with Gasteiger partial charge >= 0.3 is 5.97 Å². The van der Waals surface area contributed by atoms with E-state index in [0.29, 0.717) is 25.6 Å². The first-order chi connectivity index (χ1) is 11.8. The van der Waals surface area contributed by atoms with Crippen molar-refractivity contribution in [3.63, 3.8) is 0 Å². The summed E-state index contributed by atoms with van der Waals surface area (Å²) in [7, 11) is 1.60. The molecule has 0 bridgehead atoms.